The van der Waals surface area contributed by atoms with Gasteiger partial charge in [0, 0.05) is 11.6 Å². The fourth-order valence-electron chi connectivity index (χ4n) is 4.01. The Morgan fingerprint density at radius 3 is 2.51 bits per heavy atom. The summed E-state index contributed by atoms with van der Waals surface area (Å²) in [7, 11) is 4.69. The average molecular weight is 495 g/mol. The normalized spacial score (nSPS) is 15.3. The second kappa shape index (κ2) is 10.2. The number of carbonyl (C=O) groups excluding carboxylic acids is 1. The van der Waals surface area contributed by atoms with Crippen LogP contribution in [0, 0.1) is 0 Å². The molecular formula is C26H26N2O6S. The van der Waals surface area contributed by atoms with E-state index in [0.29, 0.717) is 37.8 Å². The number of fused-ring (bicyclic) bond motifs is 1. The maximum atomic E-state index is 13.7. The third-order valence-electron chi connectivity index (χ3n) is 5.64. The fourth-order valence-corrected chi connectivity index (χ4v) is 5.06. The Hall–Kier alpha value is -3.85. The minimum Gasteiger partial charge on any atom is -0.497 e. The van der Waals surface area contributed by atoms with E-state index in [-0.39, 0.29) is 17.7 Å². The molecule has 0 fully saturated rings. The second-order valence-electron chi connectivity index (χ2n) is 7.69. The first-order valence-electron chi connectivity index (χ1n) is 11.0. The van der Waals surface area contributed by atoms with E-state index in [2.05, 4.69) is 4.99 Å². The molecule has 182 valence electrons. The molecule has 1 aliphatic heterocycles. The number of benzene rings is 2. The van der Waals surface area contributed by atoms with Crippen molar-refractivity contribution >= 4 is 23.4 Å². The summed E-state index contributed by atoms with van der Waals surface area (Å²) in [6.45, 7) is 3.68. The van der Waals surface area contributed by atoms with Crippen molar-refractivity contribution in [2.24, 2.45) is 4.99 Å². The zero-order valence-electron chi connectivity index (χ0n) is 20.2. The van der Waals surface area contributed by atoms with Crippen LogP contribution in [0.1, 0.15) is 31.0 Å². The Bertz CT molecular complexity index is 1480. The molecule has 0 bridgehead atoms. The number of rotatable bonds is 7. The first-order chi connectivity index (χ1) is 16.9. The first kappa shape index (κ1) is 24.3. The summed E-state index contributed by atoms with van der Waals surface area (Å²) in [5.74, 6) is 1.23. The van der Waals surface area contributed by atoms with Crippen LogP contribution in [-0.4, -0.2) is 38.5 Å². The van der Waals surface area contributed by atoms with Crippen LogP contribution < -0.4 is 29.1 Å². The Balaban J connectivity index is 1.98. The molecule has 35 heavy (non-hydrogen) atoms. The number of hydrogen-bond acceptors (Lipinski definition) is 8. The van der Waals surface area contributed by atoms with Gasteiger partial charge in [0.1, 0.15) is 23.3 Å². The topological polar surface area (TPSA) is 88.4 Å². The van der Waals surface area contributed by atoms with Crippen molar-refractivity contribution < 1.29 is 23.7 Å². The van der Waals surface area contributed by atoms with Gasteiger partial charge in [0.25, 0.3) is 5.56 Å². The molecule has 1 aliphatic rings. The molecule has 3 aromatic rings. The molecule has 0 N–H and O–H groups in total. The van der Waals surface area contributed by atoms with E-state index in [4.69, 9.17) is 18.9 Å². The van der Waals surface area contributed by atoms with Crippen molar-refractivity contribution in [1.29, 1.82) is 0 Å². The standard InChI is InChI=1S/C26H26N2O6S/c1-6-34-25(30)22-15(2)27-26-28(23(22)19-11-10-18(32-4)14-20(19)33-5)24(29)21(35-26)13-16-8-7-9-17(12-16)31-3/h7-14,23H,6H2,1-5H3/b21-13-/t23-/m1/s1. The molecule has 2 heterocycles. The highest BCUT2D eigenvalue weighted by atomic mass is 32.1. The minimum atomic E-state index is -0.779. The van der Waals surface area contributed by atoms with Crippen molar-refractivity contribution in [3.8, 4) is 17.2 Å². The van der Waals surface area contributed by atoms with Crippen molar-refractivity contribution in [2.75, 3.05) is 27.9 Å². The maximum Gasteiger partial charge on any atom is 0.338 e. The van der Waals surface area contributed by atoms with Gasteiger partial charge in [0.05, 0.1) is 43.7 Å². The van der Waals surface area contributed by atoms with Gasteiger partial charge >= 0.3 is 5.97 Å². The second-order valence-corrected chi connectivity index (χ2v) is 8.70. The highest BCUT2D eigenvalue weighted by Crippen LogP contribution is 2.37. The molecule has 0 saturated heterocycles. The van der Waals surface area contributed by atoms with E-state index in [0.717, 1.165) is 5.56 Å². The molecule has 0 saturated carbocycles. The predicted molar refractivity (Wildman–Crippen MR) is 133 cm³/mol. The van der Waals surface area contributed by atoms with Gasteiger partial charge < -0.3 is 18.9 Å². The van der Waals surface area contributed by atoms with Gasteiger partial charge in [-0.2, -0.15) is 0 Å². The largest absolute Gasteiger partial charge is 0.497 e. The predicted octanol–water partition coefficient (Wildman–Crippen LogP) is 2.82. The van der Waals surface area contributed by atoms with Crippen LogP contribution in [0.15, 0.2) is 63.5 Å². The molecule has 1 aromatic heterocycles. The number of methoxy groups -OCH3 is 3. The summed E-state index contributed by atoms with van der Waals surface area (Å²) >= 11 is 1.26. The minimum absolute atomic E-state index is 0.197. The third-order valence-corrected chi connectivity index (χ3v) is 6.63. The number of aromatic nitrogens is 1. The van der Waals surface area contributed by atoms with E-state index in [1.165, 1.54) is 23.0 Å². The van der Waals surface area contributed by atoms with Gasteiger partial charge in [-0.05, 0) is 49.8 Å². The molecule has 8 nitrogen and oxygen atoms in total. The van der Waals surface area contributed by atoms with Crippen LogP contribution in [0.4, 0.5) is 0 Å². The SMILES string of the molecule is CCOC(=O)C1=C(C)N=c2s/c(=C\c3cccc(OC)c3)c(=O)n2[C@@H]1c1ccc(OC)cc1OC. The lowest BCUT2D eigenvalue weighted by atomic mass is 9.95. The summed E-state index contributed by atoms with van der Waals surface area (Å²) in [6.07, 6.45) is 1.79. The molecule has 0 spiro atoms. The van der Waals surface area contributed by atoms with Gasteiger partial charge in [0.15, 0.2) is 4.80 Å². The number of allylic oxidation sites excluding steroid dienone is 1. The van der Waals surface area contributed by atoms with Crippen molar-refractivity contribution in [3.63, 3.8) is 0 Å². The first-order valence-corrected chi connectivity index (χ1v) is 11.8. The van der Waals surface area contributed by atoms with Gasteiger partial charge in [-0.1, -0.05) is 23.5 Å². The highest BCUT2D eigenvalue weighted by Gasteiger charge is 2.35. The van der Waals surface area contributed by atoms with Crippen LogP contribution in [0.2, 0.25) is 0 Å². The lowest BCUT2D eigenvalue weighted by molar-refractivity contribution is -0.139. The summed E-state index contributed by atoms with van der Waals surface area (Å²) in [5.41, 5.74) is 1.94. The van der Waals surface area contributed by atoms with Crippen molar-refractivity contribution in [3.05, 3.63) is 84.5 Å². The van der Waals surface area contributed by atoms with Crippen LogP contribution in [-0.2, 0) is 9.53 Å². The molecule has 0 amide bonds. The lowest BCUT2D eigenvalue weighted by Gasteiger charge is -2.26. The van der Waals surface area contributed by atoms with Crippen molar-refractivity contribution in [1.82, 2.24) is 4.57 Å². The quantitative estimate of drug-likeness (QED) is 0.470. The Kier molecular flexibility index (Phi) is 7.07. The van der Waals surface area contributed by atoms with E-state index < -0.39 is 12.0 Å². The average Bonchev–Trinajstić information content (AvgIpc) is 3.17. The molecule has 9 heteroatoms. The highest BCUT2D eigenvalue weighted by molar-refractivity contribution is 7.07. The van der Waals surface area contributed by atoms with Gasteiger partial charge in [0.2, 0.25) is 0 Å². The van der Waals surface area contributed by atoms with Gasteiger partial charge in [-0.3, -0.25) is 9.36 Å². The monoisotopic (exact) mass is 494 g/mol. The number of ether oxygens (including phenoxy) is 4. The fraction of sp³-hybridized carbons (Fsp3) is 0.269. The summed E-state index contributed by atoms with van der Waals surface area (Å²) in [6, 6.07) is 11.9. The van der Waals surface area contributed by atoms with Crippen LogP contribution in [0.5, 0.6) is 17.2 Å². The zero-order valence-corrected chi connectivity index (χ0v) is 21.0. The molecule has 2 aromatic carbocycles. The lowest BCUT2D eigenvalue weighted by Crippen LogP contribution is -2.40. The van der Waals surface area contributed by atoms with E-state index >= 15 is 0 Å². The molecule has 4 rings (SSSR count). The molecule has 0 radical (unpaired) electrons. The summed E-state index contributed by atoms with van der Waals surface area (Å²) in [5, 5.41) is 0. The Labute approximate surface area is 206 Å². The van der Waals surface area contributed by atoms with Gasteiger partial charge in [-0.25, -0.2) is 9.79 Å². The molecule has 0 aliphatic carbocycles. The molecule has 0 unspecified atom stereocenters. The van der Waals surface area contributed by atoms with Crippen molar-refractivity contribution in [2.45, 2.75) is 19.9 Å². The Morgan fingerprint density at radius 2 is 1.83 bits per heavy atom. The van der Waals surface area contributed by atoms with Gasteiger partial charge in [-0.15, -0.1) is 0 Å². The summed E-state index contributed by atoms with van der Waals surface area (Å²) < 4.78 is 23.6. The summed E-state index contributed by atoms with van der Waals surface area (Å²) in [4.78, 5) is 31.9. The van der Waals surface area contributed by atoms with E-state index in [9.17, 15) is 9.59 Å². The number of esters is 1. The number of thiazole rings is 1. The number of hydrogen-bond donors (Lipinski definition) is 0. The van der Waals surface area contributed by atoms with Crippen LogP contribution in [0.3, 0.4) is 0 Å². The van der Waals surface area contributed by atoms with Crippen LogP contribution in [0.25, 0.3) is 6.08 Å². The smallest absolute Gasteiger partial charge is 0.338 e. The maximum absolute atomic E-state index is 13.7. The molecule has 1 atom stereocenters. The van der Waals surface area contributed by atoms with E-state index in [1.807, 2.05) is 24.3 Å². The number of nitrogens with zero attached hydrogens (tertiary/aromatic N) is 2. The van der Waals surface area contributed by atoms with E-state index in [1.54, 1.807) is 52.3 Å². The third kappa shape index (κ3) is 4.59. The zero-order chi connectivity index (χ0) is 25.1. The molecular weight excluding hydrogens is 468 g/mol. The number of carbonyl (C=O) groups is 1. The van der Waals surface area contributed by atoms with Crippen LogP contribution >= 0.6 is 11.3 Å². The Morgan fingerprint density at radius 1 is 1.09 bits per heavy atom.